The molecule has 0 bridgehead atoms. The molecule has 0 aromatic carbocycles. The van der Waals surface area contributed by atoms with Crippen LogP contribution in [0.5, 0.6) is 0 Å². The fraction of sp³-hybridized carbons (Fsp3) is 0.773. The maximum Gasteiger partial charge on any atom is 0.332 e. The zero-order chi connectivity index (χ0) is 19.6. The number of esters is 1. The fourth-order valence-electron chi connectivity index (χ4n) is 3.19. The summed E-state index contributed by atoms with van der Waals surface area (Å²) in [6.07, 6.45) is 15.8. The highest BCUT2D eigenvalue weighted by Crippen LogP contribution is 2.34. The third-order valence-electron chi connectivity index (χ3n) is 4.60. The van der Waals surface area contributed by atoms with Gasteiger partial charge in [0.15, 0.2) is 0 Å². The van der Waals surface area contributed by atoms with Gasteiger partial charge in [-0.25, -0.2) is 4.79 Å². The average Bonchev–Trinajstić information content (AvgIpc) is 2.52. The number of rotatable bonds is 11. The van der Waals surface area contributed by atoms with Gasteiger partial charge in [0, 0.05) is 0 Å². The SMILES string of the molecule is CCCCCC(C)CCCC1(Cl)C=CC=CC1OCC(=O)OC(C)(C)C. The molecule has 150 valence electrons. The van der Waals surface area contributed by atoms with Gasteiger partial charge in [-0.1, -0.05) is 76.7 Å². The largest absolute Gasteiger partial charge is 0.458 e. The average molecular weight is 385 g/mol. The first kappa shape index (κ1) is 23.2. The van der Waals surface area contributed by atoms with E-state index in [1.54, 1.807) is 0 Å². The molecule has 3 nitrogen and oxygen atoms in total. The minimum absolute atomic E-state index is 0.0813. The van der Waals surface area contributed by atoms with Crippen molar-refractivity contribution in [3.63, 3.8) is 0 Å². The van der Waals surface area contributed by atoms with Gasteiger partial charge in [-0.15, -0.1) is 11.6 Å². The number of carbonyl (C=O) groups is 1. The molecule has 0 fully saturated rings. The topological polar surface area (TPSA) is 35.5 Å². The Kier molecular flexibility index (Phi) is 9.95. The third-order valence-corrected chi connectivity index (χ3v) is 5.13. The van der Waals surface area contributed by atoms with Crippen LogP contribution in [0.2, 0.25) is 0 Å². The standard InChI is InChI=1S/C22H37ClO3/c1-6-7-8-12-18(2)13-11-16-22(23)15-10-9-14-19(22)25-17-20(24)26-21(3,4)5/h9-10,14-15,18-19H,6-8,11-13,16-17H2,1-5H3. The van der Waals surface area contributed by atoms with E-state index >= 15 is 0 Å². The molecule has 3 atom stereocenters. The molecule has 1 rings (SSSR count). The van der Waals surface area contributed by atoms with E-state index in [4.69, 9.17) is 21.1 Å². The summed E-state index contributed by atoms with van der Waals surface area (Å²) in [4.78, 5) is 11.3. The first-order valence-electron chi connectivity index (χ1n) is 10.0. The lowest BCUT2D eigenvalue weighted by Gasteiger charge is -2.33. The Hall–Kier alpha value is -0.800. The molecule has 4 heteroatoms. The highest BCUT2D eigenvalue weighted by Gasteiger charge is 2.35. The van der Waals surface area contributed by atoms with E-state index in [9.17, 15) is 4.79 Å². The van der Waals surface area contributed by atoms with Crippen molar-refractivity contribution in [2.24, 2.45) is 5.92 Å². The third kappa shape index (κ3) is 9.23. The maximum absolute atomic E-state index is 11.9. The summed E-state index contributed by atoms with van der Waals surface area (Å²) in [5.74, 6) is 0.370. The number of carbonyl (C=O) groups excluding carboxylic acids is 1. The van der Waals surface area contributed by atoms with Crippen molar-refractivity contribution in [3.8, 4) is 0 Å². The second-order valence-electron chi connectivity index (χ2n) is 8.48. The number of unbranched alkanes of at least 4 members (excludes halogenated alkanes) is 2. The smallest absolute Gasteiger partial charge is 0.332 e. The molecular formula is C22H37ClO3. The monoisotopic (exact) mass is 384 g/mol. The summed E-state index contributed by atoms with van der Waals surface area (Å²) >= 11 is 6.85. The second-order valence-corrected chi connectivity index (χ2v) is 9.19. The quantitative estimate of drug-likeness (QED) is 0.241. The molecule has 0 spiro atoms. The highest BCUT2D eigenvalue weighted by molar-refractivity contribution is 6.26. The Balaban J connectivity index is 2.44. The number of alkyl halides is 1. The first-order chi connectivity index (χ1) is 12.2. The van der Waals surface area contributed by atoms with Gasteiger partial charge in [0.2, 0.25) is 0 Å². The van der Waals surface area contributed by atoms with Crippen LogP contribution in [-0.2, 0) is 14.3 Å². The molecule has 0 aromatic heterocycles. The summed E-state index contributed by atoms with van der Waals surface area (Å²) in [7, 11) is 0. The van der Waals surface area contributed by atoms with E-state index in [2.05, 4.69) is 13.8 Å². The van der Waals surface area contributed by atoms with Gasteiger partial charge in [0.1, 0.15) is 12.2 Å². The van der Waals surface area contributed by atoms with Crippen molar-refractivity contribution < 1.29 is 14.3 Å². The van der Waals surface area contributed by atoms with Gasteiger partial charge < -0.3 is 9.47 Å². The number of halogens is 1. The Morgan fingerprint density at radius 1 is 1.19 bits per heavy atom. The summed E-state index contributed by atoms with van der Waals surface area (Å²) in [5.41, 5.74) is -0.505. The molecular weight excluding hydrogens is 348 g/mol. The van der Waals surface area contributed by atoms with Crippen LogP contribution in [0.1, 0.15) is 79.6 Å². The van der Waals surface area contributed by atoms with Gasteiger partial charge in [-0.3, -0.25) is 0 Å². The van der Waals surface area contributed by atoms with E-state index in [0.29, 0.717) is 0 Å². The Labute approximate surface area is 165 Å². The summed E-state index contributed by atoms with van der Waals surface area (Å²) in [5, 5.41) is 0. The molecule has 1 aliphatic carbocycles. The predicted octanol–water partition coefficient (Wildman–Crippen LogP) is 6.20. The first-order valence-corrected chi connectivity index (χ1v) is 10.4. The van der Waals surface area contributed by atoms with Crippen LogP contribution < -0.4 is 0 Å². The van der Waals surface area contributed by atoms with Crippen molar-refractivity contribution in [1.82, 2.24) is 0 Å². The van der Waals surface area contributed by atoms with Crippen molar-refractivity contribution in [3.05, 3.63) is 24.3 Å². The van der Waals surface area contributed by atoms with Crippen LogP contribution in [0.15, 0.2) is 24.3 Å². The van der Waals surface area contributed by atoms with E-state index in [1.807, 2.05) is 45.1 Å². The van der Waals surface area contributed by atoms with Crippen molar-refractivity contribution in [2.45, 2.75) is 96.1 Å². The van der Waals surface area contributed by atoms with E-state index in [1.165, 1.54) is 32.1 Å². The maximum atomic E-state index is 11.9. The minimum Gasteiger partial charge on any atom is -0.458 e. The van der Waals surface area contributed by atoms with Gasteiger partial charge >= 0.3 is 5.97 Å². The van der Waals surface area contributed by atoms with Crippen molar-refractivity contribution in [1.29, 1.82) is 0 Å². The predicted molar refractivity (Wildman–Crippen MR) is 110 cm³/mol. The fourth-order valence-corrected chi connectivity index (χ4v) is 3.53. The summed E-state index contributed by atoms with van der Waals surface area (Å²) in [6, 6.07) is 0. The van der Waals surface area contributed by atoms with E-state index < -0.39 is 10.5 Å². The lowest BCUT2D eigenvalue weighted by atomic mass is 9.88. The molecule has 0 aliphatic heterocycles. The highest BCUT2D eigenvalue weighted by atomic mass is 35.5. The molecule has 0 saturated carbocycles. The molecule has 0 radical (unpaired) electrons. The van der Waals surface area contributed by atoms with E-state index in [0.717, 1.165) is 18.8 Å². The van der Waals surface area contributed by atoms with Crippen LogP contribution in [0.3, 0.4) is 0 Å². The molecule has 3 unspecified atom stereocenters. The Morgan fingerprint density at radius 3 is 2.54 bits per heavy atom. The zero-order valence-corrected chi connectivity index (χ0v) is 18.0. The van der Waals surface area contributed by atoms with Gasteiger partial charge in [0.25, 0.3) is 0 Å². The van der Waals surface area contributed by atoms with Gasteiger partial charge in [0.05, 0.1) is 11.0 Å². The molecule has 1 aliphatic rings. The normalized spacial score (nSPS) is 23.8. The van der Waals surface area contributed by atoms with Crippen LogP contribution in [0.4, 0.5) is 0 Å². The van der Waals surface area contributed by atoms with Gasteiger partial charge in [-0.2, -0.15) is 0 Å². The van der Waals surface area contributed by atoms with Crippen LogP contribution in [-0.4, -0.2) is 29.2 Å². The van der Waals surface area contributed by atoms with Crippen LogP contribution in [0.25, 0.3) is 0 Å². The molecule has 26 heavy (non-hydrogen) atoms. The molecule has 0 saturated heterocycles. The molecule has 0 heterocycles. The van der Waals surface area contributed by atoms with Crippen molar-refractivity contribution >= 4 is 17.6 Å². The Morgan fingerprint density at radius 2 is 1.88 bits per heavy atom. The lowest BCUT2D eigenvalue weighted by Crippen LogP contribution is -2.39. The molecule has 0 amide bonds. The van der Waals surface area contributed by atoms with Crippen LogP contribution >= 0.6 is 11.6 Å². The second kappa shape index (κ2) is 11.1. The van der Waals surface area contributed by atoms with E-state index in [-0.39, 0.29) is 18.7 Å². The molecule has 0 N–H and O–H groups in total. The number of ether oxygens (including phenoxy) is 2. The number of hydrogen-bond donors (Lipinski definition) is 0. The Bertz CT molecular complexity index is 478. The summed E-state index contributed by atoms with van der Waals surface area (Å²) in [6.45, 7) is 10.0. The van der Waals surface area contributed by atoms with Crippen LogP contribution in [0, 0.1) is 5.92 Å². The number of hydrogen-bond acceptors (Lipinski definition) is 3. The molecule has 0 aromatic rings. The van der Waals surface area contributed by atoms with Gasteiger partial charge in [-0.05, 0) is 33.1 Å². The minimum atomic E-state index is -0.583. The lowest BCUT2D eigenvalue weighted by molar-refractivity contribution is -0.161. The van der Waals surface area contributed by atoms with Crippen molar-refractivity contribution in [2.75, 3.05) is 6.61 Å². The summed E-state index contributed by atoms with van der Waals surface area (Å²) < 4.78 is 11.1. The zero-order valence-electron chi connectivity index (χ0n) is 17.2. The number of allylic oxidation sites excluding steroid dienone is 2.